The number of hydrogen-bond donors (Lipinski definition) is 1. The minimum atomic E-state index is 0. The second-order valence-electron chi connectivity index (χ2n) is 5.44. The molecule has 0 aromatic carbocycles. The van der Waals surface area contributed by atoms with Crippen molar-refractivity contribution in [1.82, 2.24) is 10.2 Å². The Morgan fingerprint density at radius 2 is 2.05 bits per heavy atom. The fourth-order valence-corrected chi connectivity index (χ4v) is 3.36. The van der Waals surface area contributed by atoms with Crippen LogP contribution in [0.25, 0.3) is 0 Å². The number of piperazine rings is 1. The summed E-state index contributed by atoms with van der Waals surface area (Å²) in [5, 5.41) is 7.11. The molecule has 2 unspecified atom stereocenters. The Morgan fingerprint density at radius 1 is 1.35 bits per heavy atom. The van der Waals surface area contributed by atoms with Crippen molar-refractivity contribution < 1.29 is 0 Å². The number of halogens is 1. The minimum absolute atomic E-state index is 0. The Hall–Kier alpha value is -0.500. The van der Waals surface area contributed by atoms with Crippen molar-refractivity contribution in [3.05, 3.63) is 17.5 Å². The van der Waals surface area contributed by atoms with Gasteiger partial charge in [0.15, 0.2) is 5.96 Å². The summed E-state index contributed by atoms with van der Waals surface area (Å²) in [6.07, 6.45) is 1.29. The highest BCUT2D eigenvalue weighted by Crippen LogP contribution is 2.29. The first-order valence-electron chi connectivity index (χ1n) is 7.04. The van der Waals surface area contributed by atoms with Gasteiger partial charge >= 0.3 is 0 Å². The van der Waals surface area contributed by atoms with Crippen molar-refractivity contribution in [1.29, 1.82) is 0 Å². The molecule has 112 valence electrons. The predicted octanol–water partition coefficient (Wildman–Crippen LogP) is 2.47. The van der Waals surface area contributed by atoms with Crippen LogP contribution in [0.5, 0.6) is 0 Å². The normalized spacial score (nSPS) is 26.2. The lowest BCUT2D eigenvalue weighted by Gasteiger charge is -2.37. The lowest BCUT2D eigenvalue weighted by atomic mass is 10.3. The lowest BCUT2D eigenvalue weighted by molar-refractivity contribution is 0.372. The van der Waals surface area contributed by atoms with Crippen molar-refractivity contribution in [3.63, 3.8) is 0 Å². The number of guanidine groups is 1. The predicted molar refractivity (Wildman–Crippen MR) is 97.6 cm³/mol. The summed E-state index contributed by atoms with van der Waals surface area (Å²) in [6.45, 7) is 6.57. The molecule has 1 aliphatic carbocycles. The van der Waals surface area contributed by atoms with Gasteiger partial charge in [0, 0.05) is 39.3 Å². The fourth-order valence-electron chi connectivity index (χ4n) is 2.57. The number of nitrogens with one attached hydrogen (secondary N) is 1. The van der Waals surface area contributed by atoms with Crippen LogP contribution in [0.1, 0.15) is 13.3 Å². The van der Waals surface area contributed by atoms with Crippen LogP contribution in [-0.2, 0) is 0 Å². The van der Waals surface area contributed by atoms with E-state index in [0.717, 1.165) is 38.1 Å². The van der Waals surface area contributed by atoms with E-state index in [0.29, 0.717) is 6.04 Å². The van der Waals surface area contributed by atoms with Gasteiger partial charge in [-0.3, -0.25) is 4.99 Å². The van der Waals surface area contributed by atoms with Gasteiger partial charge in [0.2, 0.25) is 0 Å². The van der Waals surface area contributed by atoms with E-state index in [1.54, 1.807) is 0 Å². The van der Waals surface area contributed by atoms with Crippen LogP contribution in [0, 0.1) is 5.92 Å². The van der Waals surface area contributed by atoms with E-state index in [-0.39, 0.29) is 24.0 Å². The molecule has 0 bridgehead atoms. The number of aliphatic imine (C=N–C) groups is 1. The summed E-state index contributed by atoms with van der Waals surface area (Å²) in [4.78, 5) is 9.28. The van der Waals surface area contributed by atoms with E-state index in [1.807, 2.05) is 18.4 Å². The highest BCUT2D eigenvalue weighted by molar-refractivity contribution is 14.0. The first kappa shape index (κ1) is 15.9. The van der Waals surface area contributed by atoms with Crippen molar-refractivity contribution >= 4 is 46.3 Å². The summed E-state index contributed by atoms with van der Waals surface area (Å²) in [5.41, 5.74) is 0. The zero-order valence-electron chi connectivity index (χ0n) is 12.1. The van der Waals surface area contributed by atoms with Gasteiger partial charge in [-0.15, -0.1) is 35.3 Å². The molecule has 0 spiro atoms. The summed E-state index contributed by atoms with van der Waals surface area (Å²) >= 11 is 1.83. The van der Waals surface area contributed by atoms with E-state index < -0.39 is 0 Å². The van der Waals surface area contributed by atoms with Gasteiger partial charge in [-0.2, -0.15) is 0 Å². The molecule has 1 N–H and O–H groups in total. The molecule has 2 atom stereocenters. The number of anilines is 1. The Kier molecular flexibility index (Phi) is 5.54. The second kappa shape index (κ2) is 6.98. The topological polar surface area (TPSA) is 30.9 Å². The first-order valence-corrected chi connectivity index (χ1v) is 7.92. The molecule has 2 fully saturated rings. The average Bonchev–Trinajstić information content (AvgIpc) is 2.94. The maximum atomic E-state index is 4.43. The lowest BCUT2D eigenvalue weighted by Crippen LogP contribution is -2.53. The first-order chi connectivity index (χ1) is 9.28. The molecule has 1 saturated heterocycles. The van der Waals surface area contributed by atoms with Gasteiger partial charge in [-0.1, -0.05) is 6.92 Å². The standard InChI is InChI=1S/C14H22N4S.HI/c1-11-10-12(11)16-14(15-2)18-7-5-17(6-8-18)13-4-3-9-19-13;/h3-4,9,11-12H,5-8,10H2,1-2H3,(H,15,16);1H. The minimum Gasteiger partial charge on any atom is -0.360 e. The van der Waals surface area contributed by atoms with E-state index in [1.165, 1.54) is 11.4 Å². The van der Waals surface area contributed by atoms with Gasteiger partial charge < -0.3 is 15.1 Å². The quantitative estimate of drug-likeness (QED) is 0.465. The Morgan fingerprint density at radius 3 is 2.55 bits per heavy atom. The highest BCUT2D eigenvalue weighted by atomic mass is 127. The second-order valence-corrected chi connectivity index (χ2v) is 6.36. The molecule has 1 aromatic rings. The molecule has 0 radical (unpaired) electrons. The van der Waals surface area contributed by atoms with Crippen molar-refractivity contribution in [2.75, 3.05) is 38.1 Å². The molecule has 6 heteroatoms. The van der Waals surface area contributed by atoms with Gasteiger partial charge in [-0.05, 0) is 29.9 Å². The molecule has 4 nitrogen and oxygen atoms in total. The Labute approximate surface area is 142 Å². The Balaban J connectivity index is 0.00000147. The van der Waals surface area contributed by atoms with Gasteiger partial charge in [-0.25, -0.2) is 0 Å². The van der Waals surface area contributed by atoms with Crippen molar-refractivity contribution in [3.8, 4) is 0 Å². The van der Waals surface area contributed by atoms with E-state index in [4.69, 9.17) is 0 Å². The zero-order chi connectivity index (χ0) is 13.2. The van der Waals surface area contributed by atoms with Crippen LogP contribution in [0.15, 0.2) is 22.5 Å². The summed E-state index contributed by atoms with van der Waals surface area (Å²) in [7, 11) is 1.89. The summed E-state index contributed by atoms with van der Waals surface area (Å²) < 4.78 is 0. The van der Waals surface area contributed by atoms with Gasteiger partial charge in [0.1, 0.15) is 0 Å². The number of nitrogens with zero attached hydrogens (tertiary/aromatic N) is 3. The molecule has 1 aromatic heterocycles. The monoisotopic (exact) mass is 406 g/mol. The summed E-state index contributed by atoms with van der Waals surface area (Å²) in [6, 6.07) is 4.98. The molecule has 1 aliphatic heterocycles. The molecular formula is C14H23IN4S. The smallest absolute Gasteiger partial charge is 0.193 e. The largest absolute Gasteiger partial charge is 0.360 e. The third kappa shape index (κ3) is 3.58. The van der Waals surface area contributed by atoms with Crippen LogP contribution < -0.4 is 10.2 Å². The van der Waals surface area contributed by atoms with Gasteiger partial charge in [0.05, 0.1) is 5.00 Å². The Bertz CT molecular complexity index is 440. The molecule has 0 amide bonds. The van der Waals surface area contributed by atoms with E-state index >= 15 is 0 Å². The van der Waals surface area contributed by atoms with E-state index in [2.05, 4.69) is 44.5 Å². The molecule has 1 saturated carbocycles. The molecular weight excluding hydrogens is 383 g/mol. The maximum absolute atomic E-state index is 4.43. The molecule has 2 aliphatic rings. The summed E-state index contributed by atoms with van der Waals surface area (Å²) in [5.74, 6) is 1.89. The van der Waals surface area contributed by atoms with Crippen LogP contribution in [0.3, 0.4) is 0 Å². The highest BCUT2D eigenvalue weighted by Gasteiger charge is 2.34. The van der Waals surface area contributed by atoms with Crippen LogP contribution in [0.4, 0.5) is 5.00 Å². The molecule has 20 heavy (non-hydrogen) atoms. The van der Waals surface area contributed by atoms with Crippen LogP contribution in [0.2, 0.25) is 0 Å². The van der Waals surface area contributed by atoms with Crippen molar-refractivity contribution in [2.24, 2.45) is 10.9 Å². The SMILES string of the molecule is CN=C(NC1CC1C)N1CCN(c2cccs2)CC1.I. The number of rotatable bonds is 2. The number of hydrogen-bond acceptors (Lipinski definition) is 3. The zero-order valence-corrected chi connectivity index (χ0v) is 15.2. The van der Waals surface area contributed by atoms with Gasteiger partial charge in [0.25, 0.3) is 0 Å². The third-order valence-corrected chi connectivity index (χ3v) is 4.96. The van der Waals surface area contributed by atoms with E-state index in [9.17, 15) is 0 Å². The maximum Gasteiger partial charge on any atom is 0.193 e. The fraction of sp³-hybridized carbons (Fsp3) is 0.643. The molecule has 2 heterocycles. The molecule has 3 rings (SSSR count). The van der Waals surface area contributed by atoms with Crippen LogP contribution in [-0.4, -0.2) is 50.1 Å². The van der Waals surface area contributed by atoms with Crippen molar-refractivity contribution in [2.45, 2.75) is 19.4 Å². The number of thiophene rings is 1. The third-order valence-electron chi connectivity index (χ3n) is 4.03. The van der Waals surface area contributed by atoms with Crippen LogP contribution >= 0.6 is 35.3 Å². The average molecular weight is 406 g/mol.